The highest BCUT2D eigenvalue weighted by atomic mass is 16.2. The fraction of sp³-hybridized carbons (Fsp3) is 0.300. The molecule has 1 heterocycles. The summed E-state index contributed by atoms with van der Waals surface area (Å²) in [5.74, 6) is 0.133. The van der Waals surface area contributed by atoms with E-state index >= 15 is 0 Å². The Hall–Kier alpha value is -2.62. The van der Waals surface area contributed by atoms with Gasteiger partial charge in [0.05, 0.1) is 0 Å². The van der Waals surface area contributed by atoms with Gasteiger partial charge in [-0.15, -0.1) is 0 Å². The number of hydrogen-bond acceptors (Lipinski definition) is 2. The van der Waals surface area contributed by atoms with Crippen LogP contribution in [0.3, 0.4) is 0 Å². The van der Waals surface area contributed by atoms with E-state index in [1.807, 2.05) is 47.4 Å². The molecule has 2 amide bonds. The molecule has 124 valence electrons. The van der Waals surface area contributed by atoms with E-state index in [4.69, 9.17) is 0 Å². The first-order chi connectivity index (χ1) is 11.7. The molecule has 1 aliphatic heterocycles. The topological polar surface area (TPSA) is 49.4 Å². The molecule has 0 aromatic heterocycles. The molecule has 4 heteroatoms. The van der Waals surface area contributed by atoms with E-state index in [9.17, 15) is 9.59 Å². The lowest BCUT2D eigenvalue weighted by Crippen LogP contribution is -2.26. The highest BCUT2D eigenvalue weighted by molar-refractivity contribution is 5.94. The van der Waals surface area contributed by atoms with Crippen LogP contribution in [-0.2, 0) is 17.8 Å². The summed E-state index contributed by atoms with van der Waals surface area (Å²) in [6, 6.07) is 17.6. The van der Waals surface area contributed by atoms with Crippen molar-refractivity contribution in [3.8, 4) is 0 Å². The van der Waals surface area contributed by atoms with Crippen LogP contribution in [0.25, 0.3) is 0 Å². The first-order valence-corrected chi connectivity index (χ1v) is 8.41. The highest BCUT2D eigenvalue weighted by Gasteiger charge is 2.20. The van der Waals surface area contributed by atoms with Crippen molar-refractivity contribution in [3.63, 3.8) is 0 Å². The summed E-state index contributed by atoms with van der Waals surface area (Å²) in [6.45, 7) is 2.01. The van der Waals surface area contributed by atoms with Crippen LogP contribution in [0, 0.1) is 0 Å². The highest BCUT2D eigenvalue weighted by Crippen LogP contribution is 2.15. The van der Waals surface area contributed by atoms with Gasteiger partial charge >= 0.3 is 0 Å². The van der Waals surface area contributed by atoms with Gasteiger partial charge in [-0.3, -0.25) is 9.59 Å². The second kappa shape index (κ2) is 7.77. The molecule has 0 unspecified atom stereocenters. The normalized spacial score (nSPS) is 14.0. The van der Waals surface area contributed by atoms with E-state index in [-0.39, 0.29) is 11.8 Å². The van der Waals surface area contributed by atoms with Gasteiger partial charge < -0.3 is 10.2 Å². The van der Waals surface area contributed by atoms with Crippen LogP contribution in [0.5, 0.6) is 0 Å². The van der Waals surface area contributed by atoms with E-state index in [1.165, 1.54) is 5.56 Å². The fourth-order valence-electron chi connectivity index (χ4n) is 2.97. The van der Waals surface area contributed by atoms with Crippen molar-refractivity contribution in [1.29, 1.82) is 0 Å². The lowest BCUT2D eigenvalue weighted by molar-refractivity contribution is -0.128. The van der Waals surface area contributed by atoms with Crippen LogP contribution in [0.4, 0.5) is 0 Å². The molecule has 1 aliphatic rings. The molecule has 0 atom stereocenters. The molecule has 0 saturated carbocycles. The third-order valence-electron chi connectivity index (χ3n) is 4.28. The number of nitrogens with one attached hydrogen (secondary N) is 1. The Morgan fingerprint density at radius 2 is 1.83 bits per heavy atom. The van der Waals surface area contributed by atoms with Gasteiger partial charge in [-0.1, -0.05) is 42.5 Å². The molecular weight excluding hydrogens is 300 g/mol. The molecule has 1 N–H and O–H groups in total. The van der Waals surface area contributed by atoms with Crippen LogP contribution >= 0.6 is 0 Å². The lowest BCUT2D eigenvalue weighted by atomic mass is 10.1. The fourth-order valence-corrected chi connectivity index (χ4v) is 2.97. The first kappa shape index (κ1) is 16.2. The van der Waals surface area contributed by atoms with Gasteiger partial charge in [0.1, 0.15) is 0 Å². The van der Waals surface area contributed by atoms with Gasteiger partial charge in [0.2, 0.25) is 5.91 Å². The molecule has 4 nitrogen and oxygen atoms in total. The zero-order valence-electron chi connectivity index (χ0n) is 13.7. The predicted molar refractivity (Wildman–Crippen MR) is 93.6 cm³/mol. The average molecular weight is 322 g/mol. The van der Waals surface area contributed by atoms with E-state index in [0.717, 1.165) is 24.9 Å². The standard InChI is InChI=1S/C20H22N2O2/c23-19-10-5-13-22(19)15-17-8-4-9-18(14-17)20(24)21-12-11-16-6-2-1-3-7-16/h1-4,6-9,14H,5,10-13,15H2,(H,21,24). The Kier molecular flexibility index (Phi) is 5.26. The largest absolute Gasteiger partial charge is 0.352 e. The molecule has 1 fully saturated rings. The summed E-state index contributed by atoms with van der Waals surface area (Å²) < 4.78 is 0. The number of amides is 2. The number of hydrogen-bond donors (Lipinski definition) is 1. The Balaban J connectivity index is 1.54. The van der Waals surface area contributed by atoms with Gasteiger partial charge in [0.15, 0.2) is 0 Å². The number of benzene rings is 2. The number of carbonyl (C=O) groups excluding carboxylic acids is 2. The predicted octanol–water partition coefficient (Wildman–Crippen LogP) is 2.78. The van der Waals surface area contributed by atoms with Crippen molar-refractivity contribution in [3.05, 3.63) is 71.3 Å². The SMILES string of the molecule is O=C(NCCc1ccccc1)c1cccc(CN2CCCC2=O)c1. The lowest BCUT2D eigenvalue weighted by Gasteiger charge is -2.16. The van der Waals surface area contributed by atoms with Crippen molar-refractivity contribution in [2.24, 2.45) is 0 Å². The van der Waals surface area contributed by atoms with Gasteiger partial charge in [0.25, 0.3) is 5.91 Å². The van der Waals surface area contributed by atoms with Gasteiger partial charge in [-0.25, -0.2) is 0 Å². The number of rotatable bonds is 6. The molecule has 2 aromatic rings. The summed E-state index contributed by atoms with van der Waals surface area (Å²) >= 11 is 0. The molecular formula is C20H22N2O2. The monoisotopic (exact) mass is 322 g/mol. The Morgan fingerprint density at radius 1 is 1.04 bits per heavy atom. The van der Waals surface area contributed by atoms with Crippen LogP contribution in [0.2, 0.25) is 0 Å². The Bertz CT molecular complexity index is 713. The third kappa shape index (κ3) is 4.22. The van der Waals surface area contributed by atoms with Crippen LogP contribution in [0.15, 0.2) is 54.6 Å². The maximum atomic E-state index is 12.3. The molecule has 0 bridgehead atoms. The van der Waals surface area contributed by atoms with E-state index < -0.39 is 0 Å². The van der Waals surface area contributed by atoms with Crippen molar-refractivity contribution in [2.75, 3.05) is 13.1 Å². The number of carbonyl (C=O) groups is 2. The van der Waals surface area contributed by atoms with Crippen molar-refractivity contribution in [2.45, 2.75) is 25.8 Å². The zero-order valence-corrected chi connectivity index (χ0v) is 13.7. The number of likely N-dealkylation sites (tertiary alicyclic amines) is 1. The summed E-state index contributed by atoms with van der Waals surface area (Å²) in [4.78, 5) is 25.9. The minimum atomic E-state index is -0.0690. The second-order valence-electron chi connectivity index (χ2n) is 6.11. The maximum Gasteiger partial charge on any atom is 0.251 e. The Labute approximate surface area is 142 Å². The smallest absolute Gasteiger partial charge is 0.251 e. The summed E-state index contributed by atoms with van der Waals surface area (Å²) in [5, 5.41) is 2.96. The summed E-state index contributed by atoms with van der Waals surface area (Å²) in [6.07, 6.45) is 2.38. The van der Waals surface area contributed by atoms with Crippen molar-refractivity contribution >= 4 is 11.8 Å². The molecule has 3 rings (SSSR count). The molecule has 24 heavy (non-hydrogen) atoms. The molecule has 0 spiro atoms. The van der Waals surface area contributed by atoms with E-state index in [2.05, 4.69) is 17.4 Å². The van der Waals surface area contributed by atoms with Crippen LogP contribution < -0.4 is 5.32 Å². The minimum Gasteiger partial charge on any atom is -0.352 e. The van der Waals surface area contributed by atoms with Crippen molar-refractivity contribution < 1.29 is 9.59 Å². The van der Waals surface area contributed by atoms with Crippen LogP contribution in [0.1, 0.15) is 34.3 Å². The molecule has 0 aliphatic carbocycles. The van der Waals surface area contributed by atoms with Gasteiger partial charge in [-0.2, -0.15) is 0 Å². The summed E-state index contributed by atoms with van der Waals surface area (Å²) in [5.41, 5.74) is 2.85. The van der Waals surface area contributed by atoms with E-state index in [1.54, 1.807) is 0 Å². The van der Waals surface area contributed by atoms with Crippen molar-refractivity contribution in [1.82, 2.24) is 10.2 Å². The summed E-state index contributed by atoms with van der Waals surface area (Å²) in [7, 11) is 0. The van der Waals surface area contributed by atoms with Gasteiger partial charge in [0, 0.05) is 31.6 Å². The minimum absolute atomic E-state index is 0.0690. The number of nitrogens with zero attached hydrogens (tertiary/aromatic N) is 1. The zero-order chi connectivity index (χ0) is 16.8. The quantitative estimate of drug-likeness (QED) is 0.889. The first-order valence-electron chi connectivity index (χ1n) is 8.41. The second-order valence-corrected chi connectivity index (χ2v) is 6.11. The Morgan fingerprint density at radius 3 is 2.58 bits per heavy atom. The van der Waals surface area contributed by atoms with E-state index in [0.29, 0.717) is 25.1 Å². The average Bonchev–Trinajstić information content (AvgIpc) is 3.01. The maximum absolute atomic E-state index is 12.3. The molecule has 0 radical (unpaired) electrons. The van der Waals surface area contributed by atoms with Crippen LogP contribution in [-0.4, -0.2) is 29.8 Å². The molecule has 2 aromatic carbocycles. The molecule has 1 saturated heterocycles. The third-order valence-corrected chi connectivity index (χ3v) is 4.28. The van der Waals surface area contributed by atoms with Gasteiger partial charge in [-0.05, 0) is 36.1 Å².